The third-order valence-electron chi connectivity index (χ3n) is 3.44. The minimum absolute atomic E-state index is 0.0265. The Labute approximate surface area is 162 Å². The van der Waals surface area contributed by atoms with Gasteiger partial charge in [0.25, 0.3) is 0 Å². The minimum atomic E-state index is -4.33. The molecular weight excluding hydrogens is 451 g/mol. The molecule has 0 atom stereocenters. The Hall–Kier alpha value is -0.900. The van der Waals surface area contributed by atoms with E-state index in [1.807, 2.05) is 23.5 Å². The number of halogens is 2. The number of hydrogen-bond acceptors (Lipinski definition) is 6. The standard InChI is InChI=1S/C16H14BrFO4S3/c1-21-14-8-10(16-23-6-7-24-16)2-5-13(14)22-25(19,20)15-9-11(17)3-4-12(15)18/h2-5,8-9,16H,6-7H2,1H3. The predicted molar refractivity (Wildman–Crippen MR) is 103 cm³/mol. The van der Waals surface area contributed by atoms with Crippen molar-refractivity contribution >= 4 is 49.6 Å². The number of thioether (sulfide) groups is 2. The van der Waals surface area contributed by atoms with E-state index in [2.05, 4.69) is 15.9 Å². The van der Waals surface area contributed by atoms with E-state index in [4.69, 9.17) is 8.92 Å². The lowest BCUT2D eigenvalue weighted by Gasteiger charge is -2.14. The molecule has 1 fully saturated rings. The highest BCUT2D eigenvalue weighted by atomic mass is 79.9. The van der Waals surface area contributed by atoms with Crippen LogP contribution in [0.5, 0.6) is 11.5 Å². The van der Waals surface area contributed by atoms with Gasteiger partial charge in [-0.05, 0) is 35.9 Å². The van der Waals surface area contributed by atoms with Crippen LogP contribution in [0.1, 0.15) is 10.1 Å². The molecule has 1 aliphatic rings. The summed E-state index contributed by atoms with van der Waals surface area (Å²) in [5.74, 6) is 1.60. The molecule has 0 unspecified atom stereocenters. The van der Waals surface area contributed by atoms with Crippen molar-refractivity contribution in [2.24, 2.45) is 0 Å². The molecule has 0 spiro atoms. The molecular formula is C16H14BrFO4S3. The zero-order chi connectivity index (χ0) is 18.0. The number of hydrogen-bond donors (Lipinski definition) is 0. The lowest BCUT2D eigenvalue weighted by molar-refractivity contribution is 0.389. The zero-order valence-electron chi connectivity index (χ0n) is 13.1. The Balaban J connectivity index is 1.92. The van der Waals surface area contributed by atoms with Crippen molar-refractivity contribution in [2.75, 3.05) is 18.6 Å². The number of ether oxygens (including phenoxy) is 1. The van der Waals surface area contributed by atoms with Gasteiger partial charge >= 0.3 is 10.1 Å². The van der Waals surface area contributed by atoms with Crippen LogP contribution >= 0.6 is 39.5 Å². The highest BCUT2D eigenvalue weighted by Crippen LogP contribution is 2.47. The molecule has 1 saturated heterocycles. The maximum atomic E-state index is 13.9. The van der Waals surface area contributed by atoms with Gasteiger partial charge in [-0.1, -0.05) is 22.0 Å². The molecule has 0 aliphatic carbocycles. The Bertz CT molecular complexity index is 883. The summed E-state index contributed by atoms with van der Waals surface area (Å²) in [6.45, 7) is 0. The number of rotatable bonds is 5. The largest absolute Gasteiger partial charge is 0.493 e. The maximum absolute atomic E-state index is 13.9. The Kier molecular flexibility index (Phi) is 5.87. The van der Waals surface area contributed by atoms with Gasteiger partial charge in [0, 0.05) is 16.0 Å². The quantitative estimate of drug-likeness (QED) is 0.589. The van der Waals surface area contributed by atoms with Crippen LogP contribution in [0.4, 0.5) is 4.39 Å². The van der Waals surface area contributed by atoms with Crippen LogP contribution in [0.2, 0.25) is 0 Å². The molecule has 134 valence electrons. The van der Waals surface area contributed by atoms with E-state index in [0.29, 0.717) is 14.8 Å². The molecule has 9 heteroatoms. The SMILES string of the molecule is COc1cc(C2SCCS2)ccc1OS(=O)(=O)c1cc(Br)ccc1F. The third-order valence-corrected chi connectivity index (χ3v) is 8.29. The molecule has 0 radical (unpaired) electrons. The number of methoxy groups -OCH3 is 1. The summed E-state index contributed by atoms with van der Waals surface area (Å²) in [7, 11) is -2.89. The molecule has 0 amide bonds. The van der Waals surface area contributed by atoms with Gasteiger partial charge in [-0.2, -0.15) is 8.42 Å². The van der Waals surface area contributed by atoms with Crippen LogP contribution in [-0.4, -0.2) is 27.0 Å². The molecule has 1 aliphatic heterocycles. The molecule has 4 nitrogen and oxygen atoms in total. The predicted octanol–water partition coefficient (Wildman–Crippen LogP) is 4.84. The van der Waals surface area contributed by atoms with Crippen molar-refractivity contribution in [2.45, 2.75) is 9.48 Å². The van der Waals surface area contributed by atoms with Crippen molar-refractivity contribution in [3.63, 3.8) is 0 Å². The van der Waals surface area contributed by atoms with Crippen LogP contribution in [0.15, 0.2) is 45.8 Å². The van der Waals surface area contributed by atoms with Gasteiger partial charge in [0.05, 0.1) is 11.7 Å². The first kappa shape index (κ1) is 18.9. The average molecular weight is 465 g/mol. The molecule has 3 rings (SSSR count). The van der Waals surface area contributed by atoms with E-state index >= 15 is 0 Å². The van der Waals surface area contributed by atoms with E-state index in [0.717, 1.165) is 29.2 Å². The first-order chi connectivity index (χ1) is 11.9. The van der Waals surface area contributed by atoms with Gasteiger partial charge in [0.15, 0.2) is 11.5 Å². The van der Waals surface area contributed by atoms with E-state index in [-0.39, 0.29) is 5.75 Å². The third kappa shape index (κ3) is 4.27. The minimum Gasteiger partial charge on any atom is -0.493 e. The fourth-order valence-electron chi connectivity index (χ4n) is 2.28. The average Bonchev–Trinajstić information content (AvgIpc) is 3.11. The van der Waals surface area contributed by atoms with E-state index in [1.165, 1.54) is 13.2 Å². The van der Waals surface area contributed by atoms with Crippen molar-refractivity contribution in [1.82, 2.24) is 0 Å². The topological polar surface area (TPSA) is 52.6 Å². The van der Waals surface area contributed by atoms with Crippen molar-refractivity contribution in [3.8, 4) is 11.5 Å². The smallest absolute Gasteiger partial charge is 0.342 e. The van der Waals surface area contributed by atoms with Gasteiger partial charge in [-0.25, -0.2) is 4.39 Å². The normalized spacial score (nSPS) is 15.3. The van der Waals surface area contributed by atoms with E-state index < -0.39 is 20.8 Å². The zero-order valence-corrected chi connectivity index (χ0v) is 17.1. The summed E-state index contributed by atoms with van der Waals surface area (Å²) in [6.07, 6.45) is 0. The van der Waals surface area contributed by atoms with Crippen molar-refractivity contribution < 1.29 is 21.7 Å². The van der Waals surface area contributed by atoms with Crippen LogP contribution in [0.25, 0.3) is 0 Å². The molecule has 2 aromatic carbocycles. The second kappa shape index (κ2) is 7.77. The second-order valence-corrected chi connectivity index (χ2v) is 10.3. The van der Waals surface area contributed by atoms with E-state index in [9.17, 15) is 12.8 Å². The van der Waals surface area contributed by atoms with Gasteiger partial charge in [-0.15, -0.1) is 23.5 Å². The van der Waals surface area contributed by atoms with Crippen LogP contribution in [0.3, 0.4) is 0 Å². The summed E-state index contributed by atoms with van der Waals surface area (Å²) >= 11 is 6.79. The Morgan fingerprint density at radius 1 is 1.12 bits per heavy atom. The molecule has 1 heterocycles. The van der Waals surface area contributed by atoms with Crippen molar-refractivity contribution in [1.29, 1.82) is 0 Å². The van der Waals surface area contributed by atoms with Gasteiger partial charge in [0.1, 0.15) is 10.7 Å². The first-order valence-corrected chi connectivity index (χ1v) is 11.5. The van der Waals surface area contributed by atoms with E-state index in [1.54, 1.807) is 18.2 Å². The monoisotopic (exact) mass is 464 g/mol. The summed E-state index contributed by atoms with van der Waals surface area (Å²) in [6, 6.07) is 8.76. The lowest BCUT2D eigenvalue weighted by atomic mass is 10.2. The molecule has 0 N–H and O–H groups in total. The van der Waals surface area contributed by atoms with Gasteiger partial charge in [-0.3, -0.25) is 0 Å². The van der Waals surface area contributed by atoms with Crippen LogP contribution < -0.4 is 8.92 Å². The first-order valence-electron chi connectivity index (χ1n) is 7.21. The molecule has 0 bridgehead atoms. The van der Waals surface area contributed by atoms with Crippen molar-refractivity contribution in [3.05, 3.63) is 52.3 Å². The summed E-state index contributed by atoms with van der Waals surface area (Å²) in [4.78, 5) is -0.532. The molecule has 2 aromatic rings. The highest BCUT2D eigenvalue weighted by Gasteiger charge is 2.25. The van der Waals surface area contributed by atoms with Crippen LogP contribution in [-0.2, 0) is 10.1 Å². The molecule has 0 aromatic heterocycles. The lowest BCUT2D eigenvalue weighted by Crippen LogP contribution is -2.12. The van der Waals surface area contributed by atoms with Gasteiger partial charge < -0.3 is 8.92 Å². The fraction of sp³-hybridized carbons (Fsp3) is 0.250. The fourth-order valence-corrected chi connectivity index (χ4v) is 6.68. The summed E-state index contributed by atoms with van der Waals surface area (Å²) < 4.78 is 49.9. The number of benzene rings is 2. The second-order valence-electron chi connectivity index (χ2n) is 5.10. The maximum Gasteiger partial charge on any atom is 0.342 e. The Morgan fingerprint density at radius 2 is 1.84 bits per heavy atom. The van der Waals surface area contributed by atoms with Gasteiger partial charge in [0.2, 0.25) is 0 Å². The highest BCUT2D eigenvalue weighted by molar-refractivity contribution is 9.10. The van der Waals surface area contributed by atoms with Crippen LogP contribution in [0, 0.1) is 5.82 Å². The summed E-state index contributed by atoms with van der Waals surface area (Å²) in [5.41, 5.74) is 1.03. The molecule has 0 saturated carbocycles. The molecule has 25 heavy (non-hydrogen) atoms. The summed E-state index contributed by atoms with van der Waals surface area (Å²) in [5, 5.41) is 0. The Morgan fingerprint density at radius 3 is 2.52 bits per heavy atom.